The molecule has 1 aliphatic heterocycles. The summed E-state index contributed by atoms with van der Waals surface area (Å²) in [7, 11) is 0.176. The Labute approximate surface area is 185 Å². The van der Waals surface area contributed by atoms with Gasteiger partial charge in [-0.15, -0.1) is 11.3 Å². The van der Waals surface area contributed by atoms with Gasteiger partial charge < -0.3 is 9.30 Å². The number of aromatic nitrogens is 2. The molecular weight excluding hydrogens is 436 g/mol. The lowest BCUT2D eigenvalue weighted by Gasteiger charge is -2.38. The first-order valence-electron chi connectivity index (χ1n) is 9.98. The molecule has 166 valence electrons. The van der Waals surface area contributed by atoms with Crippen LogP contribution >= 0.6 is 11.3 Å². The minimum absolute atomic E-state index is 0.0351. The van der Waals surface area contributed by atoms with Crippen molar-refractivity contribution in [2.45, 2.75) is 19.5 Å². The van der Waals surface area contributed by atoms with Gasteiger partial charge in [-0.3, -0.25) is 14.7 Å². The van der Waals surface area contributed by atoms with Gasteiger partial charge in [0.15, 0.2) is 0 Å². The van der Waals surface area contributed by atoms with E-state index in [-0.39, 0.29) is 11.6 Å². The Morgan fingerprint density at radius 3 is 2.71 bits per heavy atom. The largest absolute Gasteiger partial charge is 0.495 e. The SMILES string of the molecule is COc1cncc(-c2cn(C)c(=O)c3cc(CN4CCN(S(C)(=O)=O)C[C@H]4C)sc23)c1. The van der Waals surface area contributed by atoms with Crippen molar-refractivity contribution < 1.29 is 13.2 Å². The number of methoxy groups -OCH3 is 1. The highest BCUT2D eigenvalue weighted by Gasteiger charge is 2.29. The molecule has 1 atom stereocenters. The zero-order chi connectivity index (χ0) is 22.3. The van der Waals surface area contributed by atoms with E-state index < -0.39 is 10.0 Å². The first-order chi connectivity index (χ1) is 14.7. The molecule has 0 amide bonds. The quantitative estimate of drug-likeness (QED) is 0.578. The highest BCUT2D eigenvalue weighted by molar-refractivity contribution is 7.88. The lowest BCUT2D eigenvalue weighted by molar-refractivity contribution is 0.123. The average molecular weight is 463 g/mol. The number of hydrogen-bond donors (Lipinski definition) is 0. The summed E-state index contributed by atoms with van der Waals surface area (Å²) in [6.07, 6.45) is 6.52. The first-order valence-corrected chi connectivity index (χ1v) is 12.6. The average Bonchev–Trinajstić information content (AvgIpc) is 3.15. The van der Waals surface area contributed by atoms with Crippen LogP contribution in [0.15, 0.2) is 35.5 Å². The maximum atomic E-state index is 12.8. The molecule has 1 aliphatic rings. The fourth-order valence-corrected chi connectivity index (χ4v) is 6.07. The first kappa shape index (κ1) is 21.9. The summed E-state index contributed by atoms with van der Waals surface area (Å²) in [5.74, 6) is 0.661. The zero-order valence-electron chi connectivity index (χ0n) is 18.0. The third-order valence-electron chi connectivity index (χ3n) is 5.72. The molecule has 31 heavy (non-hydrogen) atoms. The van der Waals surface area contributed by atoms with Crippen LogP contribution in [0.5, 0.6) is 5.75 Å². The lowest BCUT2D eigenvalue weighted by atomic mass is 10.1. The minimum Gasteiger partial charge on any atom is -0.495 e. The zero-order valence-corrected chi connectivity index (χ0v) is 19.7. The van der Waals surface area contributed by atoms with E-state index in [4.69, 9.17) is 4.74 Å². The van der Waals surface area contributed by atoms with E-state index in [1.807, 2.05) is 25.3 Å². The third-order valence-corrected chi connectivity index (χ3v) is 8.14. The molecule has 10 heteroatoms. The van der Waals surface area contributed by atoms with Crippen molar-refractivity contribution in [3.05, 3.63) is 46.0 Å². The van der Waals surface area contributed by atoms with E-state index in [2.05, 4.69) is 9.88 Å². The van der Waals surface area contributed by atoms with Crippen LogP contribution in [-0.2, 0) is 23.6 Å². The minimum atomic E-state index is -3.18. The Morgan fingerprint density at radius 2 is 2.03 bits per heavy atom. The molecule has 0 spiro atoms. The van der Waals surface area contributed by atoms with Gasteiger partial charge in [-0.2, -0.15) is 4.31 Å². The van der Waals surface area contributed by atoms with Gasteiger partial charge in [-0.05, 0) is 19.1 Å². The number of thiophene rings is 1. The van der Waals surface area contributed by atoms with Gasteiger partial charge in [0, 0.05) is 72.4 Å². The molecule has 0 saturated carbocycles. The molecular formula is C21H26N4O4S2. The summed E-state index contributed by atoms with van der Waals surface area (Å²) in [5.41, 5.74) is 1.80. The maximum absolute atomic E-state index is 12.8. The second-order valence-corrected chi connectivity index (χ2v) is 11.1. The molecule has 3 aromatic heterocycles. The fraction of sp³-hybridized carbons (Fsp3) is 0.429. The highest BCUT2D eigenvalue weighted by atomic mass is 32.2. The van der Waals surface area contributed by atoms with Crippen molar-refractivity contribution in [2.75, 3.05) is 33.0 Å². The molecule has 1 saturated heterocycles. The summed E-state index contributed by atoms with van der Waals surface area (Å²) in [4.78, 5) is 20.4. The van der Waals surface area contributed by atoms with Crippen molar-refractivity contribution in [3.63, 3.8) is 0 Å². The number of piperazine rings is 1. The Balaban J connectivity index is 1.68. The fourth-order valence-electron chi connectivity index (χ4n) is 3.96. The number of fused-ring (bicyclic) bond motifs is 1. The van der Waals surface area contributed by atoms with E-state index in [1.165, 1.54) is 10.6 Å². The molecule has 0 unspecified atom stereocenters. The summed E-state index contributed by atoms with van der Waals surface area (Å²) in [6.45, 7) is 4.34. The van der Waals surface area contributed by atoms with Crippen LogP contribution in [0.2, 0.25) is 0 Å². The Bertz CT molecular complexity index is 1280. The molecule has 0 N–H and O–H groups in total. The van der Waals surface area contributed by atoms with E-state index >= 15 is 0 Å². The van der Waals surface area contributed by atoms with Crippen LogP contribution < -0.4 is 10.3 Å². The highest BCUT2D eigenvalue weighted by Crippen LogP contribution is 2.35. The van der Waals surface area contributed by atoms with Crippen molar-refractivity contribution in [1.82, 2.24) is 18.8 Å². The van der Waals surface area contributed by atoms with E-state index in [0.717, 1.165) is 20.7 Å². The van der Waals surface area contributed by atoms with Crippen LogP contribution in [0.3, 0.4) is 0 Å². The van der Waals surface area contributed by atoms with Gasteiger partial charge >= 0.3 is 0 Å². The predicted octanol–water partition coefficient (Wildman–Crippen LogP) is 2.14. The van der Waals surface area contributed by atoms with Crippen molar-refractivity contribution in [1.29, 1.82) is 0 Å². The number of rotatable bonds is 5. The van der Waals surface area contributed by atoms with Crippen molar-refractivity contribution >= 4 is 31.4 Å². The molecule has 1 fully saturated rings. The molecule has 4 heterocycles. The third kappa shape index (κ3) is 4.38. The number of sulfonamides is 1. The Kier molecular flexibility index (Phi) is 5.91. The van der Waals surface area contributed by atoms with E-state index in [9.17, 15) is 13.2 Å². The second kappa shape index (κ2) is 8.34. The molecule has 3 aromatic rings. The summed E-state index contributed by atoms with van der Waals surface area (Å²) in [6, 6.07) is 3.98. The summed E-state index contributed by atoms with van der Waals surface area (Å²) < 4.78 is 33.1. The van der Waals surface area contributed by atoms with Crippen LogP contribution in [0.1, 0.15) is 11.8 Å². The molecule has 0 aliphatic carbocycles. The monoisotopic (exact) mass is 462 g/mol. The van der Waals surface area contributed by atoms with Gasteiger partial charge in [0.1, 0.15) is 5.75 Å². The maximum Gasteiger partial charge on any atom is 0.259 e. The molecule has 4 rings (SSSR count). The van der Waals surface area contributed by atoms with Gasteiger partial charge in [0.2, 0.25) is 10.0 Å². The van der Waals surface area contributed by atoms with Crippen LogP contribution in [0, 0.1) is 0 Å². The predicted molar refractivity (Wildman–Crippen MR) is 123 cm³/mol. The standard InChI is InChI=1S/C21H26N4O4S2/c1-14-11-25(31(4,27)28)6-5-24(14)12-17-8-18-20(30-17)19(13-23(2)21(18)26)15-7-16(29-3)10-22-9-15/h7-10,13-14H,5-6,11-12H2,1-4H3/t14-/m1/s1. The van der Waals surface area contributed by atoms with Crippen LogP contribution in [-0.4, -0.2) is 66.2 Å². The van der Waals surface area contributed by atoms with E-state index in [1.54, 1.807) is 42.5 Å². The molecule has 0 bridgehead atoms. The molecule has 0 radical (unpaired) electrons. The van der Waals surface area contributed by atoms with Gasteiger partial charge in [0.05, 0.1) is 24.9 Å². The molecule has 0 aromatic carbocycles. The number of aryl methyl sites for hydroxylation is 1. The number of pyridine rings is 2. The number of nitrogens with zero attached hydrogens (tertiary/aromatic N) is 4. The number of hydrogen-bond acceptors (Lipinski definition) is 7. The van der Waals surface area contributed by atoms with Gasteiger partial charge in [-0.1, -0.05) is 0 Å². The summed E-state index contributed by atoms with van der Waals surface area (Å²) >= 11 is 1.60. The van der Waals surface area contributed by atoms with E-state index in [0.29, 0.717) is 37.3 Å². The van der Waals surface area contributed by atoms with Crippen molar-refractivity contribution in [2.24, 2.45) is 7.05 Å². The molecule has 8 nitrogen and oxygen atoms in total. The van der Waals surface area contributed by atoms with Gasteiger partial charge in [0.25, 0.3) is 5.56 Å². The second-order valence-electron chi connectivity index (χ2n) is 7.97. The normalized spacial score (nSPS) is 18.5. The number of ether oxygens (including phenoxy) is 1. The smallest absolute Gasteiger partial charge is 0.259 e. The lowest BCUT2D eigenvalue weighted by Crippen LogP contribution is -2.52. The van der Waals surface area contributed by atoms with Gasteiger partial charge in [-0.25, -0.2) is 8.42 Å². The summed E-state index contributed by atoms with van der Waals surface area (Å²) in [5, 5.41) is 0.685. The Morgan fingerprint density at radius 1 is 1.26 bits per heavy atom. The van der Waals surface area contributed by atoms with Crippen molar-refractivity contribution in [3.8, 4) is 16.9 Å². The van der Waals surface area contributed by atoms with Crippen LogP contribution in [0.25, 0.3) is 21.2 Å². The van der Waals surface area contributed by atoms with Crippen LogP contribution in [0.4, 0.5) is 0 Å². The Hall–Kier alpha value is -2.27. The topological polar surface area (TPSA) is 84.7 Å².